The molecule has 7 heteroatoms. The maximum Gasteiger partial charge on any atom is 0.156 e. The molecule has 0 spiro atoms. The van der Waals surface area contributed by atoms with Gasteiger partial charge in [0.2, 0.25) is 0 Å². The molecule has 28 heavy (non-hydrogen) atoms. The van der Waals surface area contributed by atoms with Gasteiger partial charge in [-0.25, -0.2) is 9.50 Å². The van der Waals surface area contributed by atoms with E-state index in [1.807, 2.05) is 47.0 Å². The van der Waals surface area contributed by atoms with Crippen LogP contribution in [-0.4, -0.2) is 47.4 Å². The second kappa shape index (κ2) is 7.16. The number of piperidine rings is 1. The third-order valence-electron chi connectivity index (χ3n) is 5.38. The smallest absolute Gasteiger partial charge is 0.156 e. The molecule has 142 valence electrons. The third kappa shape index (κ3) is 3.41. The molecular weight excluding hydrogens is 350 g/mol. The summed E-state index contributed by atoms with van der Waals surface area (Å²) >= 11 is 0. The van der Waals surface area contributed by atoms with E-state index in [-0.39, 0.29) is 0 Å². The van der Waals surface area contributed by atoms with Crippen molar-refractivity contribution < 1.29 is 0 Å². The van der Waals surface area contributed by atoms with E-state index in [1.165, 1.54) is 12.0 Å². The van der Waals surface area contributed by atoms with Gasteiger partial charge in [-0.2, -0.15) is 10.2 Å². The van der Waals surface area contributed by atoms with Gasteiger partial charge in [0, 0.05) is 67.5 Å². The number of nitrogens with zero attached hydrogens (tertiary/aromatic N) is 7. The number of aromatic nitrogens is 6. The highest BCUT2D eigenvalue weighted by Crippen LogP contribution is 2.27. The van der Waals surface area contributed by atoms with E-state index < -0.39 is 0 Å². The lowest BCUT2D eigenvalue weighted by Crippen LogP contribution is -2.34. The van der Waals surface area contributed by atoms with Crippen LogP contribution < -0.4 is 0 Å². The van der Waals surface area contributed by atoms with E-state index in [9.17, 15) is 0 Å². The molecule has 1 fully saturated rings. The number of fused-ring (bicyclic) bond motifs is 1. The van der Waals surface area contributed by atoms with Crippen molar-refractivity contribution in [3.05, 3.63) is 66.6 Å². The fraction of sp³-hybridized carbons (Fsp3) is 0.333. The van der Waals surface area contributed by atoms with Gasteiger partial charge in [0.15, 0.2) is 11.5 Å². The summed E-state index contributed by atoms with van der Waals surface area (Å²) < 4.78 is 3.76. The molecule has 0 amide bonds. The van der Waals surface area contributed by atoms with Crippen molar-refractivity contribution >= 4 is 5.65 Å². The predicted molar refractivity (Wildman–Crippen MR) is 107 cm³/mol. The lowest BCUT2D eigenvalue weighted by Gasteiger charge is -2.30. The lowest BCUT2D eigenvalue weighted by atomic mass is 9.97. The molecule has 4 aromatic heterocycles. The summed E-state index contributed by atoms with van der Waals surface area (Å²) in [6.07, 6.45) is 12.0. The first-order valence-corrected chi connectivity index (χ1v) is 9.71. The SMILES string of the molecule is Cn1cc(CN2CCC[C@H](c3nc4ccc(-c5cccnc5)cn4n3)C2)cn1. The van der Waals surface area contributed by atoms with E-state index in [2.05, 4.69) is 33.3 Å². The van der Waals surface area contributed by atoms with Crippen LogP contribution in [0.25, 0.3) is 16.8 Å². The Bertz CT molecular complexity index is 1080. The number of aryl methyl sites for hydroxylation is 1. The quantitative estimate of drug-likeness (QED) is 0.550. The minimum atomic E-state index is 0.368. The van der Waals surface area contributed by atoms with Crippen LogP contribution in [0.1, 0.15) is 30.1 Å². The van der Waals surface area contributed by atoms with Crippen molar-refractivity contribution in [2.24, 2.45) is 7.05 Å². The second-order valence-electron chi connectivity index (χ2n) is 7.53. The number of hydrogen-bond acceptors (Lipinski definition) is 5. The zero-order valence-electron chi connectivity index (χ0n) is 15.9. The zero-order chi connectivity index (χ0) is 18.9. The lowest BCUT2D eigenvalue weighted by molar-refractivity contribution is 0.196. The minimum absolute atomic E-state index is 0.368. The molecule has 5 rings (SSSR count). The van der Waals surface area contributed by atoms with E-state index in [0.29, 0.717) is 5.92 Å². The Labute approximate surface area is 163 Å². The molecule has 0 aliphatic carbocycles. The molecule has 0 aromatic carbocycles. The fourth-order valence-electron chi connectivity index (χ4n) is 4.00. The van der Waals surface area contributed by atoms with Gasteiger partial charge in [-0.15, -0.1) is 0 Å². The first kappa shape index (κ1) is 17.1. The Hall–Kier alpha value is -3.06. The molecular formula is C21H23N7. The average molecular weight is 373 g/mol. The first-order valence-electron chi connectivity index (χ1n) is 9.71. The van der Waals surface area contributed by atoms with Crippen LogP contribution in [0, 0.1) is 0 Å². The van der Waals surface area contributed by atoms with Crippen molar-refractivity contribution in [3.63, 3.8) is 0 Å². The predicted octanol–water partition coefficient (Wildman–Crippen LogP) is 2.90. The van der Waals surface area contributed by atoms with E-state index in [1.54, 1.807) is 6.20 Å². The maximum absolute atomic E-state index is 4.81. The van der Waals surface area contributed by atoms with Crippen LogP contribution in [0.3, 0.4) is 0 Å². The first-order chi connectivity index (χ1) is 13.7. The zero-order valence-corrected chi connectivity index (χ0v) is 15.9. The van der Waals surface area contributed by atoms with Crippen molar-refractivity contribution in [2.45, 2.75) is 25.3 Å². The number of rotatable bonds is 4. The second-order valence-corrected chi connectivity index (χ2v) is 7.53. The standard InChI is InChI=1S/C21H23N7/c1-26-12-16(10-23-26)13-27-9-3-5-19(14-27)21-24-20-7-6-18(15-28(20)25-21)17-4-2-8-22-11-17/h2,4,6-8,10-12,15,19H,3,5,9,13-14H2,1H3/t19-/m0/s1. The Balaban J connectivity index is 1.36. The monoisotopic (exact) mass is 373 g/mol. The van der Waals surface area contributed by atoms with Gasteiger partial charge in [0.05, 0.1) is 6.20 Å². The highest BCUT2D eigenvalue weighted by Gasteiger charge is 2.25. The van der Waals surface area contributed by atoms with E-state index in [0.717, 1.165) is 48.7 Å². The number of pyridine rings is 2. The molecule has 5 heterocycles. The highest BCUT2D eigenvalue weighted by molar-refractivity contribution is 5.63. The molecule has 1 aliphatic rings. The van der Waals surface area contributed by atoms with Crippen LogP contribution in [0.5, 0.6) is 0 Å². The molecule has 0 radical (unpaired) electrons. The Morgan fingerprint density at radius 1 is 1.11 bits per heavy atom. The molecule has 7 nitrogen and oxygen atoms in total. The fourth-order valence-corrected chi connectivity index (χ4v) is 4.00. The summed E-state index contributed by atoms with van der Waals surface area (Å²) in [6.45, 7) is 3.04. The Kier molecular flexibility index (Phi) is 4.37. The molecule has 1 saturated heterocycles. The van der Waals surface area contributed by atoms with Crippen LogP contribution >= 0.6 is 0 Å². The van der Waals surface area contributed by atoms with Gasteiger partial charge in [-0.05, 0) is 37.6 Å². The molecule has 1 atom stereocenters. The van der Waals surface area contributed by atoms with Gasteiger partial charge < -0.3 is 0 Å². The summed E-state index contributed by atoms with van der Waals surface area (Å²) in [5.41, 5.74) is 4.33. The topological polar surface area (TPSA) is 64.1 Å². The summed E-state index contributed by atoms with van der Waals surface area (Å²) in [4.78, 5) is 11.5. The Morgan fingerprint density at radius 3 is 2.89 bits per heavy atom. The maximum atomic E-state index is 4.81. The van der Waals surface area contributed by atoms with Crippen LogP contribution in [0.4, 0.5) is 0 Å². The molecule has 0 bridgehead atoms. The van der Waals surface area contributed by atoms with Gasteiger partial charge >= 0.3 is 0 Å². The molecule has 0 unspecified atom stereocenters. The minimum Gasteiger partial charge on any atom is -0.298 e. The third-order valence-corrected chi connectivity index (χ3v) is 5.38. The summed E-state index contributed by atoms with van der Waals surface area (Å²) in [5, 5.41) is 9.09. The van der Waals surface area contributed by atoms with Gasteiger partial charge in [-0.1, -0.05) is 6.07 Å². The summed E-state index contributed by atoms with van der Waals surface area (Å²) in [5.74, 6) is 1.31. The van der Waals surface area contributed by atoms with Gasteiger partial charge in [0.25, 0.3) is 0 Å². The van der Waals surface area contributed by atoms with Crippen LogP contribution in [-0.2, 0) is 13.6 Å². The molecule has 1 aliphatic heterocycles. The molecule has 0 N–H and O–H groups in total. The normalized spacial score (nSPS) is 18.0. The Morgan fingerprint density at radius 2 is 2.07 bits per heavy atom. The molecule has 0 saturated carbocycles. The van der Waals surface area contributed by atoms with Crippen molar-refractivity contribution in [1.82, 2.24) is 34.3 Å². The van der Waals surface area contributed by atoms with E-state index in [4.69, 9.17) is 10.1 Å². The summed E-state index contributed by atoms with van der Waals surface area (Å²) in [6, 6.07) is 8.13. The number of likely N-dealkylation sites (tertiary alicyclic amines) is 1. The average Bonchev–Trinajstić information content (AvgIpc) is 3.34. The highest BCUT2D eigenvalue weighted by atomic mass is 15.3. The number of hydrogen-bond donors (Lipinski definition) is 0. The van der Waals surface area contributed by atoms with Crippen molar-refractivity contribution in [3.8, 4) is 11.1 Å². The van der Waals surface area contributed by atoms with E-state index >= 15 is 0 Å². The van der Waals surface area contributed by atoms with Gasteiger partial charge in [-0.3, -0.25) is 14.6 Å². The largest absolute Gasteiger partial charge is 0.298 e. The van der Waals surface area contributed by atoms with Crippen LogP contribution in [0.2, 0.25) is 0 Å². The van der Waals surface area contributed by atoms with Gasteiger partial charge in [0.1, 0.15) is 0 Å². The molecule has 4 aromatic rings. The van der Waals surface area contributed by atoms with Crippen molar-refractivity contribution in [1.29, 1.82) is 0 Å². The van der Waals surface area contributed by atoms with Crippen LogP contribution in [0.15, 0.2) is 55.2 Å². The van der Waals surface area contributed by atoms with Crippen molar-refractivity contribution in [2.75, 3.05) is 13.1 Å². The summed E-state index contributed by atoms with van der Waals surface area (Å²) in [7, 11) is 1.96.